The maximum absolute atomic E-state index is 12.2. The van der Waals surface area contributed by atoms with Crippen LogP contribution in [0.25, 0.3) is 0 Å². The Morgan fingerprint density at radius 1 is 1.33 bits per heavy atom. The summed E-state index contributed by atoms with van der Waals surface area (Å²) in [4.78, 5) is 13.2. The largest absolute Gasteiger partial charge is 0.360 e. The van der Waals surface area contributed by atoms with Crippen molar-refractivity contribution in [1.29, 1.82) is 0 Å². The molecule has 0 spiro atoms. The van der Waals surface area contributed by atoms with Gasteiger partial charge in [-0.15, -0.1) is 0 Å². The number of nitrogens with zero attached hydrogens (tertiary/aromatic N) is 2. The van der Waals surface area contributed by atoms with Crippen molar-refractivity contribution in [3.05, 3.63) is 11.5 Å². The molecule has 7 nitrogen and oxygen atoms in total. The third-order valence-electron chi connectivity index (χ3n) is 3.14. The van der Waals surface area contributed by atoms with Gasteiger partial charge in [0.2, 0.25) is 15.9 Å². The zero-order valence-corrected chi connectivity index (χ0v) is 13.8. The van der Waals surface area contributed by atoms with Gasteiger partial charge in [-0.3, -0.25) is 4.79 Å². The molecule has 0 saturated carbocycles. The smallest absolute Gasteiger partial charge is 0.246 e. The number of carbonyl (C=O) groups excluding carboxylic acids is 1. The molecule has 1 aromatic rings. The molecule has 0 aromatic carbocycles. The molecule has 21 heavy (non-hydrogen) atoms. The quantitative estimate of drug-likeness (QED) is 0.778. The molecule has 1 N–H and O–H groups in total. The Bertz CT molecular complexity index is 561. The highest BCUT2D eigenvalue weighted by atomic mass is 32.2. The molecule has 1 amide bonds. The Kier molecular flexibility index (Phi) is 6.35. The van der Waals surface area contributed by atoms with E-state index in [1.54, 1.807) is 18.7 Å². The van der Waals surface area contributed by atoms with Gasteiger partial charge in [0.1, 0.15) is 10.6 Å². The average molecular weight is 317 g/mol. The summed E-state index contributed by atoms with van der Waals surface area (Å²) in [6, 6.07) is 0. The molecule has 8 heteroatoms. The number of carbonyl (C=O) groups is 1. The average Bonchev–Trinajstić information content (AvgIpc) is 2.73. The van der Waals surface area contributed by atoms with E-state index in [9.17, 15) is 13.2 Å². The van der Waals surface area contributed by atoms with Crippen LogP contribution in [0.3, 0.4) is 0 Å². The number of aryl methyl sites for hydroxylation is 2. The molecular formula is C13H23N3O4S. The molecule has 120 valence electrons. The van der Waals surface area contributed by atoms with E-state index in [0.29, 0.717) is 18.8 Å². The normalized spacial score (nSPS) is 11.6. The van der Waals surface area contributed by atoms with Crippen LogP contribution < -0.4 is 4.72 Å². The highest BCUT2D eigenvalue weighted by molar-refractivity contribution is 7.89. The molecule has 0 aliphatic heterocycles. The number of amides is 1. The molecule has 0 saturated heterocycles. The van der Waals surface area contributed by atoms with Crippen molar-refractivity contribution in [2.24, 2.45) is 0 Å². The highest BCUT2D eigenvalue weighted by Crippen LogP contribution is 2.18. The standard InChI is InChI=1S/C13H23N3O4S/c1-5-6-8-16(12(4)17)9-7-14-21(18,19)13-10(2)15-20-11(13)3/h14H,5-9H2,1-4H3. The minimum Gasteiger partial charge on any atom is -0.360 e. The molecule has 0 fully saturated rings. The minimum absolute atomic E-state index is 0.0556. The second kappa shape index (κ2) is 7.56. The SMILES string of the molecule is CCCCN(CCNS(=O)(=O)c1c(C)noc1C)C(C)=O. The van der Waals surface area contributed by atoms with Crippen LogP contribution in [0.4, 0.5) is 0 Å². The molecule has 0 bridgehead atoms. The van der Waals surface area contributed by atoms with Gasteiger partial charge in [0.05, 0.1) is 0 Å². The van der Waals surface area contributed by atoms with Crippen molar-refractivity contribution in [2.75, 3.05) is 19.6 Å². The Morgan fingerprint density at radius 2 is 2.00 bits per heavy atom. The first-order chi connectivity index (χ1) is 9.79. The number of aromatic nitrogens is 1. The lowest BCUT2D eigenvalue weighted by Gasteiger charge is -2.20. The number of nitrogens with one attached hydrogen (secondary N) is 1. The van der Waals surface area contributed by atoms with E-state index in [1.165, 1.54) is 6.92 Å². The molecule has 1 heterocycles. The van der Waals surface area contributed by atoms with Crippen LogP contribution in [0, 0.1) is 13.8 Å². The maximum atomic E-state index is 12.2. The summed E-state index contributed by atoms with van der Waals surface area (Å²) >= 11 is 0. The lowest BCUT2D eigenvalue weighted by Crippen LogP contribution is -2.38. The van der Waals surface area contributed by atoms with E-state index in [2.05, 4.69) is 9.88 Å². The first kappa shape index (κ1) is 17.6. The number of rotatable bonds is 8. The Hall–Kier alpha value is -1.41. The van der Waals surface area contributed by atoms with E-state index < -0.39 is 10.0 Å². The fourth-order valence-electron chi connectivity index (χ4n) is 2.02. The van der Waals surface area contributed by atoms with Gasteiger partial charge in [0.25, 0.3) is 0 Å². The third kappa shape index (κ3) is 4.82. The Morgan fingerprint density at radius 3 is 2.48 bits per heavy atom. The zero-order valence-electron chi connectivity index (χ0n) is 13.0. The summed E-state index contributed by atoms with van der Waals surface area (Å²) in [5.74, 6) is 0.203. The maximum Gasteiger partial charge on any atom is 0.246 e. The van der Waals surface area contributed by atoms with Gasteiger partial charge >= 0.3 is 0 Å². The number of hydrogen-bond donors (Lipinski definition) is 1. The zero-order chi connectivity index (χ0) is 16.0. The van der Waals surface area contributed by atoms with Gasteiger partial charge in [-0.1, -0.05) is 18.5 Å². The van der Waals surface area contributed by atoms with Crippen molar-refractivity contribution < 1.29 is 17.7 Å². The molecule has 0 aliphatic rings. The Labute approximate surface area is 125 Å². The monoisotopic (exact) mass is 317 g/mol. The number of hydrogen-bond acceptors (Lipinski definition) is 5. The number of unbranched alkanes of at least 4 members (excludes halogenated alkanes) is 1. The number of sulfonamides is 1. The summed E-state index contributed by atoms with van der Waals surface area (Å²) in [5.41, 5.74) is 0.328. The van der Waals surface area contributed by atoms with Crippen molar-refractivity contribution in [2.45, 2.75) is 45.4 Å². The predicted molar refractivity (Wildman–Crippen MR) is 78.3 cm³/mol. The van der Waals surface area contributed by atoms with Crippen molar-refractivity contribution in [3.8, 4) is 0 Å². The molecule has 0 unspecified atom stereocenters. The van der Waals surface area contributed by atoms with Gasteiger partial charge in [-0.05, 0) is 20.3 Å². The fourth-order valence-corrected chi connectivity index (χ4v) is 3.37. The summed E-state index contributed by atoms with van der Waals surface area (Å²) in [6.07, 6.45) is 1.88. The second-order valence-corrected chi connectivity index (χ2v) is 6.61. The van der Waals surface area contributed by atoms with Crippen molar-refractivity contribution in [3.63, 3.8) is 0 Å². The summed E-state index contributed by atoms with van der Waals surface area (Å²) < 4.78 is 31.7. The van der Waals surface area contributed by atoms with Gasteiger partial charge in [-0.2, -0.15) is 0 Å². The fraction of sp³-hybridized carbons (Fsp3) is 0.692. The molecule has 1 rings (SSSR count). The van der Waals surface area contributed by atoms with Gasteiger partial charge in [0, 0.05) is 26.6 Å². The third-order valence-corrected chi connectivity index (χ3v) is 4.84. The molecule has 0 radical (unpaired) electrons. The molecule has 0 atom stereocenters. The highest BCUT2D eigenvalue weighted by Gasteiger charge is 2.23. The van der Waals surface area contributed by atoms with Crippen LogP contribution >= 0.6 is 0 Å². The van der Waals surface area contributed by atoms with Crippen molar-refractivity contribution in [1.82, 2.24) is 14.8 Å². The first-order valence-electron chi connectivity index (χ1n) is 6.97. The topological polar surface area (TPSA) is 92.5 Å². The summed E-state index contributed by atoms with van der Waals surface area (Å²) in [7, 11) is -3.66. The molecular weight excluding hydrogens is 294 g/mol. The van der Waals surface area contributed by atoms with E-state index in [-0.39, 0.29) is 23.1 Å². The van der Waals surface area contributed by atoms with E-state index in [4.69, 9.17) is 4.52 Å². The van der Waals surface area contributed by atoms with Gasteiger partial charge in [0.15, 0.2) is 5.76 Å². The van der Waals surface area contributed by atoms with Gasteiger partial charge in [-0.25, -0.2) is 13.1 Å². The van der Waals surface area contributed by atoms with E-state index in [1.807, 2.05) is 6.92 Å². The van der Waals surface area contributed by atoms with Crippen LogP contribution in [-0.2, 0) is 14.8 Å². The van der Waals surface area contributed by atoms with Crippen LogP contribution in [0.2, 0.25) is 0 Å². The second-order valence-electron chi connectivity index (χ2n) is 4.91. The molecule has 0 aliphatic carbocycles. The Balaban J connectivity index is 2.63. The van der Waals surface area contributed by atoms with Crippen LogP contribution in [-0.4, -0.2) is 44.0 Å². The first-order valence-corrected chi connectivity index (χ1v) is 8.46. The minimum atomic E-state index is -3.66. The van der Waals surface area contributed by atoms with Crippen LogP contribution in [0.5, 0.6) is 0 Å². The molecule has 1 aromatic heterocycles. The van der Waals surface area contributed by atoms with Crippen molar-refractivity contribution >= 4 is 15.9 Å². The van der Waals surface area contributed by atoms with Crippen LogP contribution in [0.1, 0.15) is 38.1 Å². The van der Waals surface area contributed by atoms with E-state index in [0.717, 1.165) is 12.8 Å². The predicted octanol–water partition coefficient (Wildman–Crippen LogP) is 1.22. The van der Waals surface area contributed by atoms with Gasteiger partial charge < -0.3 is 9.42 Å². The summed E-state index contributed by atoms with van der Waals surface area (Å²) in [6.45, 7) is 7.80. The lowest BCUT2D eigenvalue weighted by atomic mass is 10.3. The van der Waals surface area contributed by atoms with E-state index >= 15 is 0 Å². The lowest BCUT2D eigenvalue weighted by molar-refractivity contribution is -0.128. The van der Waals surface area contributed by atoms with Crippen LogP contribution in [0.15, 0.2) is 9.42 Å². The summed E-state index contributed by atoms with van der Waals surface area (Å²) in [5, 5.41) is 3.64.